The van der Waals surface area contributed by atoms with Gasteiger partial charge in [-0.25, -0.2) is 18.7 Å². The zero-order valence-corrected chi connectivity index (χ0v) is 12.6. The molecule has 3 N–H and O–H groups in total. The lowest BCUT2D eigenvalue weighted by Crippen LogP contribution is -2.07. The number of nitrogens with two attached hydrogens (primary N) is 1. The number of anilines is 3. The van der Waals surface area contributed by atoms with Crippen molar-refractivity contribution in [2.24, 2.45) is 0 Å². The van der Waals surface area contributed by atoms with Crippen LogP contribution in [0.25, 0.3) is 0 Å². The lowest BCUT2D eigenvalue weighted by molar-refractivity contribution is 0.581. The molecule has 0 radical (unpaired) electrons. The van der Waals surface area contributed by atoms with E-state index < -0.39 is 11.6 Å². The van der Waals surface area contributed by atoms with Gasteiger partial charge in [-0.3, -0.25) is 0 Å². The fraction of sp³-hybridized carbons (Fsp3) is 0.231. The topological polar surface area (TPSA) is 63.8 Å². The quantitative estimate of drug-likeness (QED) is 0.834. The Bertz CT molecular complexity index is 661. The van der Waals surface area contributed by atoms with E-state index in [1.807, 2.05) is 6.92 Å². The molecule has 7 heteroatoms. The predicted molar refractivity (Wildman–Crippen MR) is 77.9 cm³/mol. The largest absolute Gasteiger partial charge is 0.383 e. The van der Waals surface area contributed by atoms with Gasteiger partial charge in [0.05, 0.1) is 10.2 Å². The molecule has 106 valence electrons. The first-order valence-electron chi connectivity index (χ1n) is 5.97. The number of aromatic nitrogens is 2. The minimum absolute atomic E-state index is 0.113. The first kappa shape index (κ1) is 14.6. The van der Waals surface area contributed by atoms with Gasteiger partial charge >= 0.3 is 0 Å². The van der Waals surface area contributed by atoms with E-state index in [-0.39, 0.29) is 10.2 Å². The van der Waals surface area contributed by atoms with Gasteiger partial charge in [0.15, 0.2) is 0 Å². The van der Waals surface area contributed by atoms with E-state index in [1.54, 1.807) is 6.92 Å². The third-order valence-electron chi connectivity index (χ3n) is 2.81. The van der Waals surface area contributed by atoms with Crippen molar-refractivity contribution in [3.05, 3.63) is 39.6 Å². The van der Waals surface area contributed by atoms with Crippen LogP contribution in [0.15, 0.2) is 16.6 Å². The van der Waals surface area contributed by atoms with E-state index in [2.05, 4.69) is 31.2 Å². The van der Waals surface area contributed by atoms with Crippen molar-refractivity contribution in [2.75, 3.05) is 11.1 Å². The molecule has 1 aromatic heterocycles. The molecular weight excluding hydrogens is 330 g/mol. The van der Waals surface area contributed by atoms with Crippen LogP contribution in [0.2, 0.25) is 0 Å². The molecule has 0 aliphatic carbocycles. The van der Waals surface area contributed by atoms with Crippen LogP contribution in [0.1, 0.15) is 18.3 Å². The van der Waals surface area contributed by atoms with E-state index in [9.17, 15) is 8.78 Å². The van der Waals surface area contributed by atoms with Crippen LogP contribution in [-0.2, 0) is 6.42 Å². The monoisotopic (exact) mass is 342 g/mol. The number of nitrogens with one attached hydrogen (secondary N) is 1. The Morgan fingerprint density at radius 3 is 2.60 bits per heavy atom. The second-order valence-electron chi connectivity index (χ2n) is 4.22. The van der Waals surface area contributed by atoms with E-state index in [4.69, 9.17) is 5.73 Å². The van der Waals surface area contributed by atoms with Gasteiger partial charge < -0.3 is 11.1 Å². The van der Waals surface area contributed by atoms with Crippen LogP contribution in [0, 0.1) is 18.6 Å². The molecule has 4 nitrogen and oxygen atoms in total. The predicted octanol–water partition coefficient (Wildman–Crippen LogP) is 3.71. The van der Waals surface area contributed by atoms with Gasteiger partial charge in [0.2, 0.25) is 0 Å². The van der Waals surface area contributed by atoms with E-state index in [1.165, 1.54) is 6.07 Å². The van der Waals surface area contributed by atoms with Crippen LogP contribution in [0.5, 0.6) is 0 Å². The molecule has 0 atom stereocenters. The fourth-order valence-corrected chi connectivity index (χ4v) is 1.95. The average Bonchev–Trinajstić information content (AvgIpc) is 2.40. The summed E-state index contributed by atoms with van der Waals surface area (Å²) in [5.41, 5.74) is 6.51. The Morgan fingerprint density at radius 2 is 1.95 bits per heavy atom. The van der Waals surface area contributed by atoms with Crippen molar-refractivity contribution in [1.29, 1.82) is 0 Å². The Morgan fingerprint density at radius 1 is 1.25 bits per heavy atom. The van der Waals surface area contributed by atoms with Gasteiger partial charge in [-0.15, -0.1) is 0 Å². The molecule has 0 saturated heterocycles. The molecule has 1 aromatic carbocycles. The van der Waals surface area contributed by atoms with Crippen molar-refractivity contribution < 1.29 is 8.78 Å². The maximum Gasteiger partial charge on any atom is 0.149 e. The summed E-state index contributed by atoms with van der Waals surface area (Å²) in [5.74, 6) is -0.0774. The molecule has 0 amide bonds. The summed E-state index contributed by atoms with van der Waals surface area (Å²) in [6.07, 6.45) is 0.606. The van der Waals surface area contributed by atoms with E-state index in [0.29, 0.717) is 29.4 Å². The highest BCUT2D eigenvalue weighted by Crippen LogP contribution is 2.28. The number of aryl methyl sites for hydroxylation is 1. The third-order valence-corrected chi connectivity index (χ3v) is 3.42. The SMILES string of the molecule is CCc1nc(N)c(C)c(Nc2cc(Br)c(F)cc2F)n1. The summed E-state index contributed by atoms with van der Waals surface area (Å²) in [7, 11) is 0. The van der Waals surface area contributed by atoms with Gasteiger partial charge in [0.1, 0.15) is 29.1 Å². The minimum atomic E-state index is -0.708. The van der Waals surface area contributed by atoms with Gasteiger partial charge in [-0.2, -0.15) is 0 Å². The van der Waals surface area contributed by atoms with Gasteiger partial charge in [0, 0.05) is 18.1 Å². The molecule has 0 aliphatic rings. The summed E-state index contributed by atoms with van der Waals surface area (Å²) in [4.78, 5) is 8.37. The average molecular weight is 343 g/mol. The number of halogens is 3. The van der Waals surface area contributed by atoms with Crippen LogP contribution >= 0.6 is 15.9 Å². The first-order valence-corrected chi connectivity index (χ1v) is 6.76. The lowest BCUT2D eigenvalue weighted by Gasteiger charge is -2.12. The minimum Gasteiger partial charge on any atom is -0.383 e. The Labute approximate surface area is 123 Å². The molecule has 20 heavy (non-hydrogen) atoms. The van der Waals surface area contributed by atoms with Crippen LogP contribution in [-0.4, -0.2) is 9.97 Å². The van der Waals surface area contributed by atoms with Crippen LogP contribution < -0.4 is 11.1 Å². The molecule has 1 heterocycles. The molecule has 0 unspecified atom stereocenters. The smallest absolute Gasteiger partial charge is 0.149 e. The summed E-state index contributed by atoms with van der Waals surface area (Å²) in [5, 5.41) is 2.82. The first-order chi connectivity index (χ1) is 9.42. The molecule has 0 bridgehead atoms. The standard InChI is InChI=1S/C13H13BrF2N4/c1-3-11-19-12(17)6(2)13(20-11)18-10-4-7(14)8(15)5-9(10)16/h4-5H,3H2,1-2H3,(H3,17,18,19,20). The lowest BCUT2D eigenvalue weighted by atomic mass is 10.2. The number of benzene rings is 1. The van der Waals surface area contributed by atoms with E-state index in [0.717, 1.165) is 6.07 Å². The summed E-state index contributed by atoms with van der Waals surface area (Å²) >= 11 is 3.02. The number of hydrogen-bond acceptors (Lipinski definition) is 4. The molecule has 0 aliphatic heterocycles. The molecule has 0 saturated carbocycles. The molecule has 0 fully saturated rings. The molecule has 2 aromatic rings. The highest BCUT2D eigenvalue weighted by atomic mass is 79.9. The summed E-state index contributed by atoms with van der Waals surface area (Å²) < 4.78 is 27.1. The second-order valence-corrected chi connectivity index (χ2v) is 5.08. The third kappa shape index (κ3) is 2.87. The van der Waals surface area contributed by atoms with Gasteiger partial charge in [0.25, 0.3) is 0 Å². The zero-order valence-electron chi connectivity index (χ0n) is 11.0. The van der Waals surface area contributed by atoms with Crippen molar-refractivity contribution in [3.8, 4) is 0 Å². The number of hydrogen-bond donors (Lipinski definition) is 2. The second kappa shape index (κ2) is 5.70. The Kier molecular flexibility index (Phi) is 4.17. The molecule has 2 rings (SSSR count). The highest BCUT2D eigenvalue weighted by molar-refractivity contribution is 9.10. The van der Waals surface area contributed by atoms with Gasteiger partial charge in [-0.05, 0) is 28.9 Å². The fourth-order valence-electron chi connectivity index (χ4n) is 1.61. The number of nitrogen functional groups attached to an aromatic ring is 1. The van der Waals surface area contributed by atoms with E-state index >= 15 is 0 Å². The maximum absolute atomic E-state index is 13.7. The normalized spacial score (nSPS) is 10.7. The van der Waals surface area contributed by atoms with Crippen molar-refractivity contribution in [3.63, 3.8) is 0 Å². The molecular formula is C13H13BrF2N4. The maximum atomic E-state index is 13.7. The Hall–Kier alpha value is -1.76. The highest BCUT2D eigenvalue weighted by Gasteiger charge is 2.12. The van der Waals surface area contributed by atoms with Gasteiger partial charge in [-0.1, -0.05) is 6.92 Å². The number of rotatable bonds is 3. The summed E-state index contributed by atoms with van der Waals surface area (Å²) in [6, 6.07) is 2.11. The van der Waals surface area contributed by atoms with Crippen LogP contribution in [0.4, 0.5) is 26.1 Å². The molecule has 0 spiro atoms. The Balaban J connectivity index is 2.44. The van der Waals surface area contributed by atoms with Crippen molar-refractivity contribution >= 4 is 33.3 Å². The summed E-state index contributed by atoms with van der Waals surface area (Å²) in [6.45, 7) is 3.62. The van der Waals surface area contributed by atoms with Crippen molar-refractivity contribution in [2.45, 2.75) is 20.3 Å². The van der Waals surface area contributed by atoms with Crippen LogP contribution in [0.3, 0.4) is 0 Å². The zero-order chi connectivity index (χ0) is 14.9. The van der Waals surface area contributed by atoms with Crippen molar-refractivity contribution in [1.82, 2.24) is 9.97 Å². The number of nitrogens with zero attached hydrogens (tertiary/aromatic N) is 2.